The summed E-state index contributed by atoms with van der Waals surface area (Å²) in [6.07, 6.45) is 1.89. The molecular weight excluding hydrogens is 280 g/mol. The number of amides is 2. The minimum absolute atomic E-state index is 0.155. The van der Waals surface area contributed by atoms with Crippen LogP contribution in [0.3, 0.4) is 0 Å². The third-order valence-electron chi connectivity index (χ3n) is 3.21. The van der Waals surface area contributed by atoms with E-state index in [0.29, 0.717) is 6.42 Å². The van der Waals surface area contributed by atoms with Gasteiger partial charge >= 0.3 is 6.09 Å². The van der Waals surface area contributed by atoms with Crippen molar-refractivity contribution in [2.24, 2.45) is 0 Å². The molecule has 2 rings (SSSR count). The first-order chi connectivity index (χ1) is 10.3. The van der Waals surface area contributed by atoms with Crippen molar-refractivity contribution in [2.75, 3.05) is 0 Å². The van der Waals surface area contributed by atoms with Crippen molar-refractivity contribution in [1.29, 1.82) is 0 Å². The van der Waals surface area contributed by atoms with E-state index in [4.69, 9.17) is 4.74 Å². The van der Waals surface area contributed by atoms with Crippen molar-refractivity contribution in [3.05, 3.63) is 35.9 Å². The zero-order valence-corrected chi connectivity index (χ0v) is 13.4. The van der Waals surface area contributed by atoms with Gasteiger partial charge in [0.1, 0.15) is 11.6 Å². The van der Waals surface area contributed by atoms with Gasteiger partial charge < -0.3 is 15.4 Å². The Morgan fingerprint density at radius 3 is 2.41 bits per heavy atom. The van der Waals surface area contributed by atoms with E-state index in [1.807, 2.05) is 30.3 Å². The van der Waals surface area contributed by atoms with Crippen molar-refractivity contribution in [1.82, 2.24) is 10.6 Å². The fraction of sp³-hybridized carbons (Fsp3) is 0.529. The van der Waals surface area contributed by atoms with Crippen molar-refractivity contribution in [2.45, 2.75) is 57.7 Å². The zero-order valence-electron chi connectivity index (χ0n) is 13.4. The van der Waals surface area contributed by atoms with Gasteiger partial charge in [-0.2, -0.15) is 0 Å². The number of hydrogen-bond donors (Lipinski definition) is 2. The molecular formula is C17H24N2O3. The smallest absolute Gasteiger partial charge is 0.408 e. The molecule has 1 aromatic rings. The highest BCUT2D eigenvalue weighted by molar-refractivity contribution is 5.86. The van der Waals surface area contributed by atoms with Crippen LogP contribution < -0.4 is 10.6 Å². The van der Waals surface area contributed by atoms with Crippen LogP contribution in [0.2, 0.25) is 0 Å². The van der Waals surface area contributed by atoms with Crippen molar-refractivity contribution in [3.63, 3.8) is 0 Å². The van der Waals surface area contributed by atoms with E-state index in [1.165, 1.54) is 0 Å². The summed E-state index contributed by atoms with van der Waals surface area (Å²) in [6, 6.07) is 9.26. The maximum absolute atomic E-state index is 12.3. The Balaban J connectivity index is 2.00. The zero-order chi connectivity index (χ0) is 16.2. The van der Waals surface area contributed by atoms with E-state index in [-0.39, 0.29) is 11.9 Å². The molecule has 1 saturated carbocycles. The SMILES string of the molecule is CC(C)(C)OC(=O)N[C@@H](Cc1ccccc1)C(=O)NC1CC1. The van der Waals surface area contributed by atoms with Crippen LogP contribution in [0.15, 0.2) is 30.3 Å². The molecule has 5 heteroatoms. The molecule has 0 heterocycles. The van der Waals surface area contributed by atoms with Gasteiger partial charge in [0.15, 0.2) is 0 Å². The van der Waals surface area contributed by atoms with Gasteiger partial charge in [0, 0.05) is 12.5 Å². The molecule has 0 unspecified atom stereocenters. The van der Waals surface area contributed by atoms with E-state index in [0.717, 1.165) is 18.4 Å². The monoisotopic (exact) mass is 304 g/mol. The topological polar surface area (TPSA) is 67.4 Å². The van der Waals surface area contributed by atoms with Crippen molar-refractivity contribution >= 4 is 12.0 Å². The molecule has 22 heavy (non-hydrogen) atoms. The van der Waals surface area contributed by atoms with Gasteiger partial charge in [-0.3, -0.25) is 4.79 Å². The number of benzene rings is 1. The number of rotatable bonds is 5. The average molecular weight is 304 g/mol. The predicted molar refractivity (Wildman–Crippen MR) is 84.5 cm³/mol. The van der Waals surface area contributed by atoms with Crippen LogP contribution in [0.25, 0.3) is 0 Å². The first-order valence-electron chi connectivity index (χ1n) is 7.67. The molecule has 0 aliphatic heterocycles. The third kappa shape index (κ3) is 5.76. The van der Waals surface area contributed by atoms with E-state index in [2.05, 4.69) is 10.6 Å². The summed E-state index contributed by atoms with van der Waals surface area (Å²) in [7, 11) is 0. The minimum atomic E-state index is -0.627. The van der Waals surface area contributed by atoms with Crippen LogP contribution in [-0.4, -0.2) is 29.7 Å². The van der Waals surface area contributed by atoms with Crippen LogP contribution in [0.5, 0.6) is 0 Å². The standard InChI is InChI=1S/C17H24N2O3/c1-17(2,3)22-16(21)19-14(15(20)18-13-9-10-13)11-12-7-5-4-6-8-12/h4-8,13-14H,9-11H2,1-3H3,(H,18,20)(H,19,21)/t14-/m0/s1. The number of hydrogen-bond acceptors (Lipinski definition) is 3. The molecule has 0 aromatic heterocycles. The second kappa shape index (κ2) is 6.81. The highest BCUT2D eigenvalue weighted by Crippen LogP contribution is 2.19. The summed E-state index contributed by atoms with van der Waals surface area (Å²) in [5.41, 5.74) is 0.406. The lowest BCUT2D eigenvalue weighted by Crippen LogP contribution is -2.49. The summed E-state index contributed by atoms with van der Waals surface area (Å²) in [5.74, 6) is -0.155. The molecule has 1 atom stereocenters. The molecule has 0 bridgehead atoms. The molecule has 1 aliphatic carbocycles. The fourth-order valence-electron chi connectivity index (χ4n) is 2.04. The molecule has 1 fully saturated rings. The Bertz CT molecular complexity index is 518. The highest BCUT2D eigenvalue weighted by Gasteiger charge is 2.29. The van der Waals surface area contributed by atoms with Gasteiger partial charge in [-0.05, 0) is 39.2 Å². The van der Waals surface area contributed by atoms with Crippen molar-refractivity contribution in [3.8, 4) is 0 Å². The molecule has 0 saturated heterocycles. The molecule has 5 nitrogen and oxygen atoms in total. The molecule has 1 aromatic carbocycles. The fourth-order valence-corrected chi connectivity index (χ4v) is 2.04. The summed E-state index contributed by atoms with van der Waals surface area (Å²) < 4.78 is 5.25. The predicted octanol–water partition coefficient (Wildman–Crippen LogP) is 2.40. The van der Waals surface area contributed by atoms with Crippen LogP contribution in [0.1, 0.15) is 39.2 Å². The lowest BCUT2D eigenvalue weighted by molar-refractivity contribution is -0.123. The second-order valence-electron chi connectivity index (χ2n) is 6.67. The number of carbonyl (C=O) groups is 2. The van der Waals surface area contributed by atoms with Gasteiger partial charge in [0.05, 0.1) is 0 Å². The van der Waals surface area contributed by atoms with Gasteiger partial charge in [-0.1, -0.05) is 30.3 Å². The lowest BCUT2D eigenvalue weighted by atomic mass is 10.1. The largest absolute Gasteiger partial charge is 0.444 e. The maximum atomic E-state index is 12.3. The Morgan fingerprint density at radius 1 is 1.23 bits per heavy atom. The summed E-state index contributed by atoms with van der Waals surface area (Å²) in [6.45, 7) is 5.38. The van der Waals surface area contributed by atoms with E-state index in [9.17, 15) is 9.59 Å². The highest BCUT2D eigenvalue weighted by atomic mass is 16.6. The Labute approximate surface area is 131 Å². The van der Waals surface area contributed by atoms with E-state index < -0.39 is 17.7 Å². The Morgan fingerprint density at radius 2 is 1.86 bits per heavy atom. The summed E-state index contributed by atoms with van der Waals surface area (Å²) in [4.78, 5) is 24.3. The van der Waals surface area contributed by atoms with E-state index >= 15 is 0 Å². The first-order valence-corrected chi connectivity index (χ1v) is 7.67. The second-order valence-corrected chi connectivity index (χ2v) is 6.67. The number of ether oxygens (including phenoxy) is 1. The van der Waals surface area contributed by atoms with Gasteiger partial charge in [0.25, 0.3) is 0 Å². The molecule has 2 amide bonds. The third-order valence-corrected chi connectivity index (χ3v) is 3.21. The minimum Gasteiger partial charge on any atom is -0.444 e. The van der Waals surface area contributed by atoms with Crippen LogP contribution in [0.4, 0.5) is 4.79 Å². The summed E-state index contributed by atoms with van der Waals surface area (Å²) in [5, 5.41) is 5.61. The van der Waals surface area contributed by atoms with E-state index in [1.54, 1.807) is 20.8 Å². The van der Waals surface area contributed by atoms with Gasteiger partial charge in [0.2, 0.25) is 5.91 Å². The lowest BCUT2D eigenvalue weighted by Gasteiger charge is -2.23. The van der Waals surface area contributed by atoms with Crippen LogP contribution >= 0.6 is 0 Å². The normalized spacial score (nSPS) is 15.8. The molecule has 1 aliphatic rings. The summed E-state index contributed by atoms with van der Waals surface area (Å²) >= 11 is 0. The maximum Gasteiger partial charge on any atom is 0.408 e. The molecule has 120 valence electrons. The molecule has 0 spiro atoms. The average Bonchev–Trinajstić information content (AvgIpc) is 3.21. The quantitative estimate of drug-likeness (QED) is 0.878. The number of alkyl carbamates (subject to hydrolysis) is 1. The van der Waals surface area contributed by atoms with Crippen LogP contribution in [0, 0.1) is 0 Å². The molecule has 0 radical (unpaired) electrons. The number of carbonyl (C=O) groups excluding carboxylic acids is 2. The van der Waals surface area contributed by atoms with Crippen molar-refractivity contribution < 1.29 is 14.3 Å². The van der Waals surface area contributed by atoms with Crippen LogP contribution in [-0.2, 0) is 16.0 Å². The van der Waals surface area contributed by atoms with Gasteiger partial charge in [-0.15, -0.1) is 0 Å². The molecule has 2 N–H and O–H groups in total. The Kier molecular flexibility index (Phi) is 5.06. The van der Waals surface area contributed by atoms with Gasteiger partial charge in [-0.25, -0.2) is 4.79 Å². The number of nitrogens with one attached hydrogen (secondary N) is 2. The Hall–Kier alpha value is -2.04. The first kappa shape index (κ1) is 16.3.